The average Bonchev–Trinajstić information content (AvgIpc) is 2.40. The number of carbonyl (C=O) groups excluding carboxylic acids is 1. The van der Waals surface area contributed by atoms with Gasteiger partial charge in [0.15, 0.2) is 11.7 Å². The zero-order valence-electron chi connectivity index (χ0n) is 11.2. The van der Waals surface area contributed by atoms with Gasteiger partial charge in [-0.2, -0.15) is 13.2 Å². The maximum Gasteiger partial charge on any atom is 0.417 e. The molecule has 1 aliphatic heterocycles. The first-order valence-electron chi connectivity index (χ1n) is 5.84. The first kappa shape index (κ1) is 15.3. The Kier molecular flexibility index (Phi) is 3.74. The van der Waals surface area contributed by atoms with Gasteiger partial charge in [0.1, 0.15) is 5.60 Å². The fourth-order valence-corrected chi connectivity index (χ4v) is 1.86. The third kappa shape index (κ3) is 2.96. The minimum Gasteiger partial charge on any atom is -0.458 e. The molecule has 1 rings (SSSR count). The Hall–Kier alpha value is -0.780. The normalized spacial score (nSPS) is 33.6. The molecule has 0 N–H and O–H groups in total. The molecule has 1 fully saturated rings. The first-order valence-corrected chi connectivity index (χ1v) is 5.84. The van der Waals surface area contributed by atoms with Crippen LogP contribution in [0.1, 0.15) is 41.0 Å². The van der Waals surface area contributed by atoms with Gasteiger partial charge in [-0.1, -0.05) is 6.92 Å². The highest BCUT2D eigenvalue weighted by molar-refractivity contribution is 5.75. The summed E-state index contributed by atoms with van der Waals surface area (Å²) in [6.07, 6.45) is -5.63. The van der Waals surface area contributed by atoms with Gasteiger partial charge in [-0.25, -0.2) is 4.79 Å². The lowest BCUT2D eigenvalue weighted by Crippen LogP contribution is -2.47. The van der Waals surface area contributed by atoms with Crippen molar-refractivity contribution in [3.8, 4) is 0 Å². The molecular weight excluding hydrogens is 249 g/mol. The summed E-state index contributed by atoms with van der Waals surface area (Å²) in [4.78, 5) is 11.7. The van der Waals surface area contributed by atoms with Crippen LogP contribution < -0.4 is 0 Å². The first-order chi connectivity index (χ1) is 7.87. The van der Waals surface area contributed by atoms with E-state index >= 15 is 0 Å². The number of hydrogen-bond donors (Lipinski definition) is 0. The van der Waals surface area contributed by atoms with E-state index in [4.69, 9.17) is 9.47 Å². The van der Waals surface area contributed by atoms with Crippen molar-refractivity contribution in [1.29, 1.82) is 0 Å². The van der Waals surface area contributed by atoms with E-state index in [0.29, 0.717) is 0 Å². The van der Waals surface area contributed by atoms with Crippen LogP contribution in [0, 0.1) is 5.92 Å². The highest BCUT2D eigenvalue weighted by Gasteiger charge is 2.61. The van der Waals surface area contributed by atoms with Gasteiger partial charge in [0.25, 0.3) is 0 Å². The Labute approximate surface area is 105 Å². The molecule has 0 bridgehead atoms. The molecular formula is C12H19F3O3. The van der Waals surface area contributed by atoms with Crippen molar-refractivity contribution in [3.63, 3.8) is 0 Å². The predicted octanol–water partition coefficient (Wildman–Crippen LogP) is 3.07. The second-order valence-electron chi connectivity index (χ2n) is 5.88. The number of ether oxygens (including phenoxy) is 2. The highest BCUT2D eigenvalue weighted by Crippen LogP contribution is 2.47. The Morgan fingerprint density at radius 3 is 2.17 bits per heavy atom. The van der Waals surface area contributed by atoms with Crippen molar-refractivity contribution in [3.05, 3.63) is 0 Å². The van der Waals surface area contributed by atoms with Crippen molar-refractivity contribution in [2.75, 3.05) is 0 Å². The average molecular weight is 268 g/mol. The summed E-state index contributed by atoms with van der Waals surface area (Å²) in [5.74, 6) is -1.52. The number of hydrogen-bond acceptors (Lipinski definition) is 3. The molecule has 0 aromatic carbocycles. The largest absolute Gasteiger partial charge is 0.458 e. The number of carbonyl (C=O) groups is 1. The minimum atomic E-state index is -4.50. The number of rotatable bonds is 1. The molecule has 3 nitrogen and oxygen atoms in total. The maximum absolute atomic E-state index is 12.9. The van der Waals surface area contributed by atoms with Crippen molar-refractivity contribution in [2.24, 2.45) is 5.92 Å². The summed E-state index contributed by atoms with van der Waals surface area (Å²) < 4.78 is 48.7. The quantitative estimate of drug-likeness (QED) is 0.686. The van der Waals surface area contributed by atoms with Crippen molar-refractivity contribution in [1.82, 2.24) is 0 Å². The van der Waals surface area contributed by atoms with Crippen LogP contribution in [-0.4, -0.2) is 29.5 Å². The Balaban J connectivity index is 2.79. The summed E-state index contributed by atoms with van der Waals surface area (Å²) in [7, 11) is 0. The van der Waals surface area contributed by atoms with Crippen LogP contribution in [0.3, 0.4) is 0 Å². The van der Waals surface area contributed by atoms with Crippen LogP contribution in [0.15, 0.2) is 0 Å². The lowest BCUT2D eigenvalue weighted by atomic mass is 9.89. The summed E-state index contributed by atoms with van der Waals surface area (Å²) in [5.41, 5.74) is -3.02. The number of alkyl halides is 3. The van der Waals surface area contributed by atoms with Crippen LogP contribution in [-0.2, 0) is 14.3 Å². The topological polar surface area (TPSA) is 35.5 Å². The molecule has 0 amide bonds. The summed E-state index contributed by atoms with van der Waals surface area (Å²) in [6.45, 7) is 7.38. The zero-order valence-corrected chi connectivity index (χ0v) is 11.2. The molecule has 18 heavy (non-hydrogen) atoms. The zero-order chi connectivity index (χ0) is 14.4. The molecule has 0 aromatic heterocycles. The molecule has 3 unspecified atom stereocenters. The third-order valence-corrected chi connectivity index (χ3v) is 3.13. The van der Waals surface area contributed by atoms with Crippen LogP contribution in [0.4, 0.5) is 13.2 Å². The van der Waals surface area contributed by atoms with E-state index in [-0.39, 0.29) is 6.42 Å². The van der Waals surface area contributed by atoms with E-state index < -0.39 is 35.4 Å². The second-order valence-corrected chi connectivity index (χ2v) is 5.88. The summed E-state index contributed by atoms with van der Waals surface area (Å²) in [6, 6.07) is 0. The molecule has 0 spiro atoms. The van der Waals surface area contributed by atoms with E-state index in [1.807, 2.05) is 0 Å². The molecule has 0 aromatic rings. The Morgan fingerprint density at radius 2 is 1.83 bits per heavy atom. The lowest BCUT2D eigenvalue weighted by Gasteiger charge is -2.31. The highest BCUT2D eigenvalue weighted by atomic mass is 19.4. The van der Waals surface area contributed by atoms with E-state index in [1.54, 1.807) is 20.8 Å². The number of esters is 1. The molecule has 1 heterocycles. The second kappa shape index (κ2) is 4.40. The molecule has 106 valence electrons. The molecule has 0 aliphatic carbocycles. The predicted molar refractivity (Wildman–Crippen MR) is 59.0 cm³/mol. The minimum absolute atomic E-state index is 0.0188. The van der Waals surface area contributed by atoms with E-state index in [9.17, 15) is 18.0 Å². The maximum atomic E-state index is 12.9. The van der Waals surface area contributed by atoms with Gasteiger partial charge < -0.3 is 9.47 Å². The molecule has 0 saturated carbocycles. The molecule has 0 radical (unpaired) electrons. The van der Waals surface area contributed by atoms with Gasteiger partial charge in [-0.15, -0.1) is 0 Å². The lowest BCUT2D eigenvalue weighted by molar-refractivity contribution is -0.274. The van der Waals surface area contributed by atoms with Crippen molar-refractivity contribution >= 4 is 5.97 Å². The fourth-order valence-electron chi connectivity index (χ4n) is 1.86. The Bertz CT molecular complexity index is 332. The van der Waals surface area contributed by atoms with Crippen LogP contribution in [0.2, 0.25) is 0 Å². The van der Waals surface area contributed by atoms with Gasteiger partial charge in [-0.3, -0.25) is 0 Å². The smallest absolute Gasteiger partial charge is 0.417 e. The van der Waals surface area contributed by atoms with E-state index in [1.165, 1.54) is 6.92 Å². The van der Waals surface area contributed by atoms with Gasteiger partial charge in [-0.05, 0) is 40.0 Å². The fraction of sp³-hybridized carbons (Fsp3) is 0.917. The van der Waals surface area contributed by atoms with E-state index in [2.05, 4.69) is 0 Å². The molecule has 6 heteroatoms. The van der Waals surface area contributed by atoms with Gasteiger partial charge in [0, 0.05) is 0 Å². The van der Waals surface area contributed by atoms with Crippen LogP contribution in [0.25, 0.3) is 0 Å². The van der Waals surface area contributed by atoms with Crippen LogP contribution in [0.5, 0.6) is 0 Å². The van der Waals surface area contributed by atoms with Gasteiger partial charge in [0.05, 0.1) is 0 Å². The Morgan fingerprint density at radius 1 is 1.33 bits per heavy atom. The van der Waals surface area contributed by atoms with Gasteiger partial charge >= 0.3 is 12.1 Å². The third-order valence-electron chi connectivity index (χ3n) is 3.13. The van der Waals surface area contributed by atoms with Gasteiger partial charge in [0.2, 0.25) is 0 Å². The molecule has 1 saturated heterocycles. The van der Waals surface area contributed by atoms with Crippen molar-refractivity contribution < 1.29 is 27.4 Å². The molecule has 3 atom stereocenters. The number of halogens is 3. The summed E-state index contributed by atoms with van der Waals surface area (Å²) in [5, 5.41) is 0. The monoisotopic (exact) mass is 268 g/mol. The van der Waals surface area contributed by atoms with E-state index in [0.717, 1.165) is 6.92 Å². The van der Waals surface area contributed by atoms with Crippen molar-refractivity contribution in [2.45, 2.75) is 64.5 Å². The summed E-state index contributed by atoms with van der Waals surface area (Å²) >= 11 is 0. The SMILES string of the molecule is CC1CC(C(=O)OC(C)(C)C)OC1(C)C(F)(F)F. The molecule has 1 aliphatic rings. The standard InChI is InChI=1S/C12H19F3O3/c1-7-6-8(9(16)18-10(2,3)4)17-11(7,5)12(13,14)15/h7-8H,6H2,1-5H3. The van der Waals surface area contributed by atoms with Crippen LogP contribution >= 0.6 is 0 Å².